The van der Waals surface area contributed by atoms with Gasteiger partial charge in [0.2, 0.25) is 5.91 Å². The van der Waals surface area contributed by atoms with Crippen LogP contribution in [0.2, 0.25) is 0 Å². The van der Waals surface area contributed by atoms with Crippen LogP contribution in [0.3, 0.4) is 0 Å². The van der Waals surface area contributed by atoms with Crippen LogP contribution >= 0.6 is 0 Å². The molecule has 110 valence electrons. The van der Waals surface area contributed by atoms with Gasteiger partial charge in [-0.2, -0.15) is 0 Å². The Bertz CT molecular complexity index is 429. The molecule has 0 fully saturated rings. The molecule has 1 amide bonds. The second-order valence-electron chi connectivity index (χ2n) is 4.52. The molecule has 0 aromatic heterocycles. The molecule has 20 heavy (non-hydrogen) atoms. The van der Waals surface area contributed by atoms with Gasteiger partial charge in [0.05, 0.1) is 6.61 Å². The zero-order valence-electron chi connectivity index (χ0n) is 11.9. The molecule has 1 rings (SSSR count). The Hall–Kier alpha value is -1.88. The van der Waals surface area contributed by atoms with E-state index in [0.717, 1.165) is 6.42 Å². The summed E-state index contributed by atoms with van der Waals surface area (Å²) in [6.45, 7) is 3.21. The molecule has 0 atom stereocenters. The van der Waals surface area contributed by atoms with Crippen molar-refractivity contribution in [1.29, 1.82) is 0 Å². The minimum absolute atomic E-state index is 0.0222. The Morgan fingerprint density at radius 2 is 1.90 bits per heavy atom. The van der Waals surface area contributed by atoms with Crippen LogP contribution in [0.1, 0.15) is 36.5 Å². The van der Waals surface area contributed by atoms with Crippen molar-refractivity contribution < 1.29 is 14.3 Å². The number of benzene rings is 1. The number of amides is 1. The Balaban J connectivity index is 2.17. The number of hydrogen-bond donors (Lipinski definition) is 2. The fraction of sp³-hybridized carbons (Fsp3) is 0.467. The van der Waals surface area contributed by atoms with Crippen molar-refractivity contribution in [3.05, 3.63) is 29.8 Å². The number of carbonyl (C=O) groups excluding carboxylic acids is 2. The summed E-state index contributed by atoms with van der Waals surface area (Å²) in [6, 6.07) is 6.99. The highest BCUT2D eigenvalue weighted by molar-refractivity contribution is 5.94. The Labute approximate surface area is 119 Å². The van der Waals surface area contributed by atoms with E-state index in [0.29, 0.717) is 43.9 Å². The van der Waals surface area contributed by atoms with Crippen LogP contribution in [0.15, 0.2) is 24.3 Å². The summed E-state index contributed by atoms with van der Waals surface area (Å²) in [7, 11) is 0. The van der Waals surface area contributed by atoms with E-state index in [1.165, 1.54) is 6.92 Å². The molecule has 0 bridgehead atoms. The highest BCUT2D eigenvalue weighted by Gasteiger charge is 2.02. The predicted molar refractivity (Wildman–Crippen MR) is 77.9 cm³/mol. The van der Waals surface area contributed by atoms with Gasteiger partial charge in [0.25, 0.3) is 0 Å². The van der Waals surface area contributed by atoms with Gasteiger partial charge in [-0.15, -0.1) is 0 Å². The third-order valence-electron chi connectivity index (χ3n) is 2.78. The molecule has 0 aliphatic carbocycles. The minimum Gasteiger partial charge on any atom is -0.494 e. The van der Waals surface area contributed by atoms with Gasteiger partial charge in [-0.1, -0.05) is 0 Å². The quantitative estimate of drug-likeness (QED) is 0.530. The molecular weight excluding hydrogens is 256 g/mol. The summed E-state index contributed by atoms with van der Waals surface area (Å²) >= 11 is 0. The van der Waals surface area contributed by atoms with Crippen LogP contribution in [-0.2, 0) is 4.79 Å². The summed E-state index contributed by atoms with van der Waals surface area (Å²) < 4.78 is 5.51. The van der Waals surface area contributed by atoms with Crippen LogP contribution in [0.5, 0.6) is 5.75 Å². The molecule has 5 heteroatoms. The smallest absolute Gasteiger partial charge is 0.220 e. The summed E-state index contributed by atoms with van der Waals surface area (Å²) in [6.07, 6.45) is 1.89. The lowest BCUT2D eigenvalue weighted by molar-refractivity contribution is -0.121. The number of rotatable bonds is 9. The van der Waals surface area contributed by atoms with E-state index in [2.05, 4.69) is 5.32 Å². The fourth-order valence-electron chi connectivity index (χ4n) is 1.63. The Morgan fingerprint density at radius 3 is 2.50 bits per heavy atom. The van der Waals surface area contributed by atoms with E-state index in [-0.39, 0.29) is 11.7 Å². The normalized spacial score (nSPS) is 10.1. The van der Waals surface area contributed by atoms with Crippen LogP contribution < -0.4 is 15.8 Å². The van der Waals surface area contributed by atoms with E-state index in [1.54, 1.807) is 24.3 Å². The second kappa shape index (κ2) is 9.09. The zero-order valence-corrected chi connectivity index (χ0v) is 11.9. The molecular formula is C15H22N2O3. The van der Waals surface area contributed by atoms with E-state index < -0.39 is 0 Å². The highest BCUT2D eigenvalue weighted by atomic mass is 16.5. The SMILES string of the molecule is CC(=O)c1ccc(OCCCC(=O)NCCCN)cc1. The van der Waals surface area contributed by atoms with Gasteiger partial charge in [-0.05, 0) is 50.6 Å². The predicted octanol–water partition coefficient (Wildman–Crippen LogP) is 1.51. The maximum atomic E-state index is 11.4. The van der Waals surface area contributed by atoms with Crippen molar-refractivity contribution in [3.8, 4) is 5.75 Å². The summed E-state index contributed by atoms with van der Waals surface area (Å²) in [4.78, 5) is 22.5. The van der Waals surface area contributed by atoms with Crippen molar-refractivity contribution in [2.75, 3.05) is 19.7 Å². The second-order valence-corrected chi connectivity index (χ2v) is 4.52. The van der Waals surface area contributed by atoms with Crippen molar-refractivity contribution in [2.45, 2.75) is 26.2 Å². The molecule has 0 heterocycles. The lowest BCUT2D eigenvalue weighted by atomic mass is 10.1. The largest absolute Gasteiger partial charge is 0.494 e. The van der Waals surface area contributed by atoms with Gasteiger partial charge in [0, 0.05) is 18.5 Å². The molecule has 0 aliphatic heterocycles. The number of Topliss-reactive ketones (excluding diaryl/α,β-unsaturated/α-hetero) is 1. The van der Waals surface area contributed by atoms with Gasteiger partial charge in [-0.25, -0.2) is 0 Å². The first-order valence-electron chi connectivity index (χ1n) is 6.84. The summed E-state index contributed by atoms with van der Waals surface area (Å²) in [5.41, 5.74) is 6.00. The molecule has 0 aliphatic rings. The number of hydrogen-bond acceptors (Lipinski definition) is 4. The first-order valence-corrected chi connectivity index (χ1v) is 6.84. The maximum Gasteiger partial charge on any atom is 0.220 e. The van der Waals surface area contributed by atoms with Crippen LogP contribution in [-0.4, -0.2) is 31.4 Å². The van der Waals surface area contributed by atoms with Crippen molar-refractivity contribution in [1.82, 2.24) is 5.32 Å². The fourth-order valence-corrected chi connectivity index (χ4v) is 1.63. The van der Waals surface area contributed by atoms with E-state index in [1.807, 2.05) is 0 Å². The van der Waals surface area contributed by atoms with Gasteiger partial charge in [0.1, 0.15) is 5.75 Å². The molecule has 0 saturated carbocycles. The molecule has 0 spiro atoms. The van der Waals surface area contributed by atoms with Crippen molar-refractivity contribution in [3.63, 3.8) is 0 Å². The molecule has 0 saturated heterocycles. The lowest BCUT2D eigenvalue weighted by Gasteiger charge is -2.07. The average molecular weight is 278 g/mol. The summed E-state index contributed by atoms with van der Waals surface area (Å²) in [5.74, 6) is 0.762. The molecule has 1 aromatic carbocycles. The zero-order chi connectivity index (χ0) is 14.8. The molecule has 3 N–H and O–H groups in total. The van der Waals surface area contributed by atoms with Crippen molar-refractivity contribution in [2.24, 2.45) is 5.73 Å². The number of nitrogens with one attached hydrogen (secondary N) is 1. The van der Waals surface area contributed by atoms with Crippen molar-refractivity contribution >= 4 is 11.7 Å². The van der Waals surface area contributed by atoms with E-state index in [9.17, 15) is 9.59 Å². The van der Waals surface area contributed by atoms with Gasteiger partial charge < -0.3 is 15.8 Å². The molecule has 0 unspecified atom stereocenters. The minimum atomic E-state index is 0.0222. The number of ketones is 1. The van der Waals surface area contributed by atoms with E-state index in [4.69, 9.17) is 10.5 Å². The standard InChI is InChI=1S/C15H22N2O3/c1-12(18)13-5-7-14(8-6-13)20-11-2-4-15(19)17-10-3-9-16/h5-8H,2-4,9-11,16H2,1H3,(H,17,19). The van der Waals surface area contributed by atoms with Gasteiger partial charge in [-0.3, -0.25) is 9.59 Å². The van der Waals surface area contributed by atoms with Gasteiger partial charge in [0.15, 0.2) is 5.78 Å². The summed E-state index contributed by atoms with van der Waals surface area (Å²) in [5, 5.41) is 2.79. The third kappa shape index (κ3) is 6.33. The topological polar surface area (TPSA) is 81.4 Å². The van der Waals surface area contributed by atoms with Crippen LogP contribution in [0.25, 0.3) is 0 Å². The monoisotopic (exact) mass is 278 g/mol. The van der Waals surface area contributed by atoms with Crippen LogP contribution in [0.4, 0.5) is 0 Å². The highest BCUT2D eigenvalue weighted by Crippen LogP contribution is 2.12. The lowest BCUT2D eigenvalue weighted by Crippen LogP contribution is -2.26. The number of ether oxygens (including phenoxy) is 1. The third-order valence-corrected chi connectivity index (χ3v) is 2.78. The number of nitrogens with two attached hydrogens (primary N) is 1. The molecule has 1 aromatic rings. The Kier molecular flexibility index (Phi) is 7.35. The first kappa shape index (κ1) is 16.2. The maximum absolute atomic E-state index is 11.4. The Morgan fingerprint density at radius 1 is 1.20 bits per heavy atom. The first-order chi connectivity index (χ1) is 9.63. The average Bonchev–Trinajstić information content (AvgIpc) is 2.44. The molecule has 5 nitrogen and oxygen atoms in total. The van der Waals surface area contributed by atoms with E-state index >= 15 is 0 Å². The number of carbonyl (C=O) groups is 2. The molecule has 0 radical (unpaired) electrons. The van der Waals surface area contributed by atoms with Gasteiger partial charge >= 0.3 is 0 Å². The van der Waals surface area contributed by atoms with Crippen LogP contribution in [0, 0.1) is 0 Å².